The first-order chi connectivity index (χ1) is 11.3. The van der Waals surface area contributed by atoms with E-state index in [0.29, 0.717) is 19.1 Å². The first-order valence-corrected chi connectivity index (χ1v) is 16.0. The smallest absolute Gasteiger partial charge is 0.191 e. The Morgan fingerprint density at radius 1 is 1.00 bits per heavy atom. The van der Waals surface area contributed by atoms with Crippen molar-refractivity contribution in [3.8, 4) is 6.07 Å². The van der Waals surface area contributed by atoms with Crippen LogP contribution in [0.1, 0.15) is 46.5 Å². The molecule has 0 aromatic heterocycles. The van der Waals surface area contributed by atoms with E-state index in [1.54, 1.807) is 0 Å². The first-order valence-electron chi connectivity index (χ1n) is 9.63. The van der Waals surface area contributed by atoms with Crippen molar-refractivity contribution in [2.24, 2.45) is 5.92 Å². The molecule has 25 heavy (non-hydrogen) atoms. The largest absolute Gasteiger partial charge is 0.417 e. The Morgan fingerprint density at radius 2 is 1.56 bits per heavy atom. The molecule has 0 saturated heterocycles. The van der Waals surface area contributed by atoms with Gasteiger partial charge in [0.2, 0.25) is 0 Å². The predicted molar refractivity (Wildman–Crippen MR) is 109 cm³/mol. The molecule has 146 valence electrons. The monoisotopic (exact) mass is 385 g/mol. The normalized spacial score (nSPS) is 25.6. The van der Waals surface area contributed by atoms with Gasteiger partial charge in [0.25, 0.3) is 0 Å². The zero-order chi connectivity index (χ0) is 19.4. The van der Waals surface area contributed by atoms with Crippen molar-refractivity contribution in [2.45, 2.75) is 89.8 Å². The Kier molecular flexibility index (Phi) is 7.91. The summed E-state index contributed by atoms with van der Waals surface area (Å²) >= 11 is 0. The van der Waals surface area contributed by atoms with E-state index < -0.39 is 22.2 Å². The maximum Gasteiger partial charge on any atom is 0.191 e. The Balaban J connectivity index is 2.41. The Morgan fingerprint density at radius 3 is 2.00 bits per heavy atom. The van der Waals surface area contributed by atoms with Gasteiger partial charge < -0.3 is 13.6 Å². The first kappa shape index (κ1) is 22.8. The second-order valence-corrected chi connectivity index (χ2v) is 19.3. The van der Waals surface area contributed by atoms with Gasteiger partial charge in [-0.15, -0.1) is 0 Å². The lowest BCUT2D eigenvalue weighted by molar-refractivity contribution is -0.0502. The van der Waals surface area contributed by atoms with Crippen molar-refractivity contribution < 1.29 is 13.6 Å². The van der Waals surface area contributed by atoms with Crippen LogP contribution in [-0.4, -0.2) is 42.1 Å². The van der Waals surface area contributed by atoms with E-state index >= 15 is 0 Å². The van der Waals surface area contributed by atoms with Gasteiger partial charge in [0.1, 0.15) is 0 Å². The molecule has 0 N–H and O–H groups in total. The second kappa shape index (κ2) is 8.66. The quantitative estimate of drug-likeness (QED) is 0.418. The van der Waals surface area contributed by atoms with Crippen LogP contribution in [-0.2, 0) is 13.6 Å². The molecular formula is C19H39NO3Si2. The molecule has 1 saturated carbocycles. The fraction of sp³-hybridized carbons (Fsp3) is 0.947. The van der Waals surface area contributed by atoms with Gasteiger partial charge in [0.15, 0.2) is 22.2 Å². The third-order valence-corrected chi connectivity index (χ3v) is 11.2. The lowest BCUT2D eigenvalue weighted by Gasteiger charge is -2.39. The minimum atomic E-state index is -1.69. The molecule has 0 unspecified atom stereocenters. The molecule has 0 heterocycles. The van der Waals surface area contributed by atoms with Crippen LogP contribution in [0, 0.1) is 17.2 Å². The molecule has 6 heteroatoms. The summed E-state index contributed by atoms with van der Waals surface area (Å²) in [5.74, 6) is 0.553. The number of rotatable bonds is 8. The van der Waals surface area contributed by atoms with Crippen molar-refractivity contribution in [3.05, 3.63) is 0 Å². The average molecular weight is 386 g/mol. The van der Waals surface area contributed by atoms with E-state index in [4.69, 9.17) is 13.6 Å². The van der Waals surface area contributed by atoms with Crippen molar-refractivity contribution in [3.63, 3.8) is 0 Å². The highest BCUT2D eigenvalue weighted by molar-refractivity contribution is 6.74. The highest BCUT2D eigenvalue weighted by Crippen LogP contribution is 2.39. The Labute approximate surface area is 157 Å². The lowest BCUT2D eigenvalue weighted by Crippen LogP contribution is -2.43. The summed E-state index contributed by atoms with van der Waals surface area (Å²) in [5, 5.41) is 9.87. The fourth-order valence-electron chi connectivity index (χ4n) is 2.73. The van der Waals surface area contributed by atoms with E-state index in [1.165, 1.54) is 0 Å². The minimum absolute atomic E-state index is 0.248. The van der Waals surface area contributed by atoms with Gasteiger partial charge >= 0.3 is 0 Å². The maximum absolute atomic E-state index is 9.62. The molecule has 0 aromatic carbocycles. The zero-order valence-electron chi connectivity index (χ0n) is 17.7. The highest BCUT2D eigenvalue weighted by Gasteiger charge is 2.40. The molecule has 1 fully saturated rings. The van der Waals surface area contributed by atoms with E-state index in [1.807, 2.05) is 0 Å². The number of ether oxygens (including phenoxy) is 1. The fourth-order valence-corrected chi connectivity index (χ4v) is 4.51. The van der Waals surface area contributed by atoms with Gasteiger partial charge in [-0.05, 0) is 69.4 Å². The molecule has 1 aliphatic rings. The van der Waals surface area contributed by atoms with Crippen LogP contribution in [0.5, 0.6) is 0 Å². The molecule has 1 aliphatic carbocycles. The van der Waals surface area contributed by atoms with Crippen molar-refractivity contribution >= 4 is 16.6 Å². The average Bonchev–Trinajstić information content (AvgIpc) is 2.49. The predicted octanol–water partition coefficient (Wildman–Crippen LogP) is 5.33. The maximum atomic E-state index is 9.62. The van der Waals surface area contributed by atoms with Crippen LogP contribution in [0.4, 0.5) is 0 Å². The Bertz CT molecular complexity index is 453. The third kappa shape index (κ3) is 7.52. The standard InChI is InChI=1S/C19H39NO3Si2/c1-18(2,3)25(7,8)23-15-17-9-11-19(16-20,12-10-17)21-13-14-22-24(4,5)6/h17H,9-15H2,1-8H3. The number of hydrogen-bond donors (Lipinski definition) is 0. The summed E-state index contributed by atoms with van der Waals surface area (Å²) < 4.78 is 18.2. The van der Waals surface area contributed by atoms with Crippen LogP contribution >= 0.6 is 0 Å². The molecular weight excluding hydrogens is 346 g/mol. The van der Waals surface area contributed by atoms with Crippen LogP contribution in [0.25, 0.3) is 0 Å². The van der Waals surface area contributed by atoms with Gasteiger partial charge in [-0.2, -0.15) is 5.26 Å². The van der Waals surface area contributed by atoms with Crippen LogP contribution in [0.15, 0.2) is 0 Å². The summed E-state index contributed by atoms with van der Waals surface area (Å²) in [6, 6.07) is 2.43. The number of nitriles is 1. The van der Waals surface area contributed by atoms with Gasteiger partial charge in [-0.1, -0.05) is 20.8 Å². The topological polar surface area (TPSA) is 51.5 Å². The van der Waals surface area contributed by atoms with Gasteiger partial charge in [-0.25, -0.2) is 0 Å². The third-order valence-electron chi connectivity index (χ3n) is 5.60. The molecule has 0 spiro atoms. The number of nitrogens with zero attached hydrogens (tertiary/aromatic N) is 1. The highest BCUT2D eigenvalue weighted by atomic mass is 28.4. The molecule has 0 amide bonds. The lowest BCUT2D eigenvalue weighted by atomic mass is 9.80. The Hall–Kier alpha value is -0.196. The van der Waals surface area contributed by atoms with Crippen LogP contribution < -0.4 is 0 Å². The van der Waals surface area contributed by atoms with Gasteiger partial charge in [-0.3, -0.25) is 0 Å². The van der Waals surface area contributed by atoms with Crippen molar-refractivity contribution in [1.82, 2.24) is 0 Å². The van der Waals surface area contributed by atoms with Crippen molar-refractivity contribution in [2.75, 3.05) is 19.8 Å². The second-order valence-electron chi connectivity index (χ2n) is 9.93. The molecule has 4 nitrogen and oxygen atoms in total. The van der Waals surface area contributed by atoms with E-state index in [2.05, 4.69) is 59.6 Å². The summed E-state index contributed by atoms with van der Waals surface area (Å²) in [6.07, 6.45) is 3.64. The van der Waals surface area contributed by atoms with E-state index in [9.17, 15) is 5.26 Å². The SMILES string of the molecule is CC(C)(C)[Si](C)(C)OCC1CCC(C#N)(OCCO[Si](C)(C)C)CC1. The molecule has 0 aliphatic heterocycles. The van der Waals surface area contributed by atoms with Crippen LogP contribution in [0.3, 0.4) is 0 Å². The van der Waals surface area contributed by atoms with Crippen LogP contribution in [0.2, 0.25) is 37.8 Å². The van der Waals surface area contributed by atoms with E-state index in [0.717, 1.165) is 32.3 Å². The van der Waals surface area contributed by atoms with E-state index in [-0.39, 0.29) is 5.04 Å². The molecule has 1 rings (SSSR count). The van der Waals surface area contributed by atoms with Crippen molar-refractivity contribution in [1.29, 1.82) is 5.26 Å². The molecule has 0 atom stereocenters. The zero-order valence-corrected chi connectivity index (χ0v) is 19.7. The molecule has 0 bridgehead atoms. The minimum Gasteiger partial charge on any atom is -0.417 e. The summed E-state index contributed by atoms with van der Waals surface area (Å²) in [6.45, 7) is 19.9. The van der Waals surface area contributed by atoms with Gasteiger partial charge in [0.05, 0.1) is 19.3 Å². The molecule has 0 aromatic rings. The summed E-state index contributed by atoms with van der Waals surface area (Å²) in [7, 11) is -3.19. The number of hydrogen-bond acceptors (Lipinski definition) is 4. The summed E-state index contributed by atoms with van der Waals surface area (Å²) in [4.78, 5) is 0. The van der Waals surface area contributed by atoms with Gasteiger partial charge in [0, 0.05) is 6.61 Å². The summed E-state index contributed by atoms with van der Waals surface area (Å²) in [5.41, 5.74) is -0.615. The molecule has 0 radical (unpaired) electrons.